The molecule has 0 bridgehead atoms. The average molecular weight is 767 g/mol. The number of carbonyl (C=O) groups excluding carboxylic acids is 2. The number of ether oxygens (including phenoxy) is 1. The predicted octanol–water partition coefficient (Wildman–Crippen LogP) is 7.82. The molecule has 0 aliphatic heterocycles. The second-order valence-electron chi connectivity index (χ2n) is 20.3. The van der Waals surface area contributed by atoms with Crippen molar-refractivity contribution in [3.05, 3.63) is 40.9 Å². The van der Waals surface area contributed by atoms with Gasteiger partial charge in [-0.15, -0.1) is 10.2 Å². The van der Waals surface area contributed by atoms with Gasteiger partial charge in [0.2, 0.25) is 0 Å². The van der Waals surface area contributed by atoms with E-state index >= 15 is 0 Å². The van der Waals surface area contributed by atoms with Gasteiger partial charge in [-0.2, -0.15) is 5.26 Å². The number of nitriles is 1. The van der Waals surface area contributed by atoms with E-state index in [9.17, 15) is 24.8 Å². The van der Waals surface area contributed by atoms with Crippen LogP contribution < -0.4 is 5.73 Å². The van der Waals surface area contributed by atoms with Crippen LogP contribution >= 0.6 is 0 Å². The fourth-order valence-electron chi connectivity index (χ4n) is 13.5. The van der Waals surface area contributed by atoms with E-state index in [2.05, 4.69) is 64.1 Å². The van der Waals surface area contributed by atoms with Crippen LogP contribution in [0.3, 0.4) is 0 Å². The molecule has 4 saturated carbocycles. The number of ketones is 1. The van der Waals surface area contributed by atoms with Crippen LogP contribution in [0.25, 0.3) is 11.5 Å². The summed E-state index contributed by atoms with van der Waals surface area (Å²) in [5.41, 5.74) is 7.61. The zero-order valence-corrected chi connectivity index (χ0v) is 35.0. The second-order valence-corrected chi connectivity index (χ2v) is 20.3. The summed E-state index contributed by atoms with van der Waals surface area (Å²) in [7, 11) is 0. The highest BCUT2D eigenvalue weighted by Gasteiger charge is 2.71. The van der Waals surface area contributed by atoms with Gasteiger partial charge in [0.05, 0.1) is 22.8 Å². The highest BCUT2D eigenvalue weighted by Crippen LogP contribution is 2.76. The van der Waals surface area contributed by atoms with Gasteiger partial charge in [-0.25, -0.2) is 0 Å². The van der Waals surface area contributed by atoms with Crippen molar-refractivity contribution in [3.63, 3.8) is 0 Å². The molecule has 7 rings (SSSR count). The number of carbonyl (C=O) groups is 3. The van der Waals surface area contributed by atoms with Gasteiger partial charge in [0.25, 0.3) is 0 Å². The fraction of sp³-hybridized carbons (Fsp3) is 0.711. The van der Waals surface area contributed by atoms with Crippen LogP contribution in [0.1, 0.15) is 138 Å². The Morgan fingerprint density at radius 1 is 1.02 bits per heavy atom. The molecule has 2 heterocycles. The lowest BCUT2D eigenvalue weighted by Gasteiger charge is -2.72. The third-order valence-corrected chi connectivity index (χ3v) is 16.5. The molecule has 302 valence electrons. The van der Waals surface area contributed by atoms with Crippen molar-refractivity contribution in [1.29, 1.82) is 5.26 Å². The lowest BCUT2D eigenvalue weighted by molar-refractivity contribution is -0.232. The van der Waals surface area contributed by atoms with Crippen LogP contribution in [0.4, 0.5) is 0 Å². The first-order chi connectivity index (χ1) is 26.2. The van der Waals surface area contributed by atoms with E-state index in [4.69, 9.17) is 20.7 Å². The molecule has 2 aromatic rings. The SMILES string of the molecule is CC(C)C1=C2[C@H]3CCC4[C@@]5(C)CC[C@H](OC(=O)CC(C)(C)C(=O)O)C(C)(C)C5CC[C@@]4(C)[C@]3(C)CC[C@@]2(c2nnc(-c3ccc(C#N)cn3)n2CCN)CC1=O. The maximum Gasteiger partial charge on any atom is 0.309 e. The van der Waals surface area contributed by atoms with Gasteiger partial charge in [0.15, 0.2) is 11.6 Å². The lowest BCUT2D eigenvalue weighted by Crippen LogP contribution is -2.66. The van der Waals surface area contributed by atoms with Crippen molar-refractivity contribution in [1.82, 2.24) is 19.7 Å². The summed E-state index contributed by atoms with van der Waals surface area (Å²) in [6.07, 6.45) is 9.18. The summed E-state index contributed by atoms with van der Waals surface area (Å²) in [5.74, 6) is 1.31. The van der Waals surface area contributed by atoms with Gasteiger partial charge < -0.3 is 20.1 Å². The van der Waals surface area contributed by atoms with Crippen LogP contribution in [0.15, 0.2) is 29.5 Å². The Bertz CT molecular complexity index is 2010. The molecule has 2 aromatic heterocycles. The summed E-state index contributed by atoms with van der Waals surface area (Å²) in [5, 5.41) is 28.7. The largest absolute Gasteiger partial charge is 0.481 e. The van der Waals surface area contributed by atoms with Gasteiger partial charge >= 0.3 is 11.9 Å². The molecular formula is C45H62N6O5. The van der Waals surface area contributed by atoms with Crippen LogP contribution in [-0.2, 0) is 31.1 Å². The van der Waals surface area contributed by atoms with Gasteiger partial charge in [-0.1, -0.05) is 48.5 Å². The molecule has 0 radical (unpaired) electrons. The van der Waals surface area contributed by atoms with E-state index < -0.39 is 22.8 Å². The zero-order valence-electron chi connectivity index (χ0n) is 35.0. The maximum atomic E-state index is 14.4. The molecule has 0 spiro atoms. The molecule has 0 saturated heterocycles. The number of carboxylic acid groups (broad SMARTS) is 1. The van der Waals surface area contributed by atoms with E-state index in [0.717, 1.165) is 62.8 Å². The van der Waals surface area contributed by atoms with Gasteiger partial charge in [0.1, 0.15) is 23.7 Å². The molecular weight excluding hydrogens is 705 g/mol. The normalized spacial score (nSPS) is 34.9. The van der Waals surface area contributed by atoms with E-state index in [0.29, 0.717) is 48.4 Å². The molecule has 11 nitrogen and oxygen atoms in total. The number of allylic oxidation sites excluding steroid dienone is 2. The van der Waals surface area contributed by atoms with Crippen molar-refractivity contribution in [2.75, 3.05) is 6.54 Å². The number of hydrogen-bond donors (Lipinski definition) is 2. The number of nitrogens with two attached hydrogens (primary N) is 1. The number of Topliss-reactive ketones (excluding diaryl/α,β-unsaturated/α-hetero) is 1. The highest BCUT2D eigenvalue weighted by molar-refractivity contribution is 6.01. The fourth-order valence-corrected chi connectivity index (χ4v) is 13.5. The van der Waals surface area contributed by atoms with E-state index in [1.54, 1.807) is 26.1 Å². The molecule has 4 fully saturated rings. The van der Waals surface area contributed by atoms with Crippen LogP contribution in [0.2, 0.25) is 0 Å². The Kier molecular flexibility index (Phi) is 9.78. The number of carboxylic acids is 1. The van der Waals surface area contributed by atoms with Crippen LogP contribution in [-0.4, -0.2) is 55.2 Å². The molecule has 56 heavy (non-hydrogen) atoms. The molecule has 2 unspecified atom stereocenters. The Labute approximate surface area is 332 Å². The summed E-state index contributed by atoms with van der Waals surface area (Å²) in [6, 6.07) is 5.69. The van der Waals surface area contributed by atoms with Crippen LogP contribution in [0, 0.1) is 62.1 Å². The zero-order chi connectivity index (χ0) is 40.8. The monoisotopic (exact) mass is 766 g/mol. The molecule has 5 aliphatic carbocycles. The Hall–Kier alpha value is -3.91. The summed E-state index contributed by atoms with van der Waals surface area (Å²) in [4.78, 5) is 43.9. The summed E-state index contributed by atoms with van der Waals surface area (Å²) >= 11 is 0. The van der Waals surface area contributed by atoms with Gasteiger partial charge in [0, 0.05) is 31.1 Å². The topological polar surface area (TPSA) is 174 Å². The summed E-state index contributed by atoms with van der Waals surface area (Å²) in [6.45, 7) is 20.5. The van der Waals surface area contributed by atoms with Crippen molar-refractivity contribution in [2.45, 2.75) is 145 Å². The lowest BCUT2D eigenvalue weighted by atomic mass is 9.33. The number of pyridine rings is 1. The van der Waals surface area contributed by atoms with Gasteiger partial charge in [-0.3, -0.25) is 19.4 Å². The molecule has 5 aliphatic rings. The molecule has 0 aromatic carbocycles. The Morgan fingerprint density at radius 2 is 1.75 bits per heavy atom. The quantitative estimate of drug-likeness (QED) is 0.240. The minimum absolute atomic E-state index is 0.0155. The van der Waals surface area contributed by atoms with Crippen molar-refractivity contribution >= 4 is 17.7 Å². The van der Waals surface area contributed by atoms with E-state index in [1.807, 2.05) is 6.07 Å². The second kappa shape index (κ2) is 13.6. The van der Waals surface area contributed by atoms with Crippen molar-refractivity contribution < 1.29 is 24.2 Å². The number of esters is 1. The Balaban J connectivity index is 1.24. The first-order valence-corrected chi connectivity index (χ1v) is 20.9. The van der Waals surface area contributed by atoms with Crippen LogP contribution in [0.5, 0.6) is 0 Å². The Morgan fingerprint density at radius 3 is 2.38 bits per heavy atom. The molecule has 3 N–H and O–H groups in total. The van der Waals surface area contributed by atoms with Crippen molar-refractivity contribution in [3.8, 4) is 17.6 Å². The number of nitrogens with zero attached hydrogens (tertiary/aromatic N) is 5. The number of fused-ring (bicyclic) bond motifs is 7. The molecule has 8 atom stereocenters. The number of aromatic nitrogens is 4. The molecule has 11 heteroatoms. The first-order valence-electron chi connectivity index (χ1n) is 20.9. The highest BCUT2D eigenvalue weighted by atomic mass is 16.5. The number of rotatable bonds is 9. The predicted molar refractivity (Wildman–Crippen MR) is 212 cm³/mol. The van der Waals surface area contributed by atoms with Gasteiger partial charge in [-0.05, 0) is 128 Å². The first kappa shape index (κ1) is 40.3. The molecule has 0 amide bonds. The third kappa shape index (κ3) is 5.73. The third-order valence-electron chi connectivity index (χ3n) is 16.5. The minimum Gasteiger partial charge on any atom is -0.481 e. The number of hydrogen-bond acceptors (Lipinski definition) is 9. The van der Waals surface area contributed by atoms with E-state index in [1.165, 1.54) is 5.57 Å². The standard InChI is InChI=1S/C45H62N6O5/c1-26(2)35-30(52)22-45(38-50-49-37(51(38)21-20-46)29-12-10-27(24-47)25-48-29)19-18-43(8)28(36(35)45)11-13-32-42(7)16-15-33(56-34(53)23-40(3,4)39(54)55)41(5,6)31(42)14-17-44(32,43)9/h10,12,25-26,28,31-33H,11,13-23,46H2,1-9H3,(H,54,55)/t28-,31?,32?,33+,42+,43-,44-,45-/m1/s1. The number of aliphatic carboxylic acids is 1. The summed E-state index contributed by atoms with van der Waals surface area (Å²) < 4.78 is 8.29. The minimum atomic E-state index is -1.18. The van der Waals surface area contributed by atoms with E-state index in [-0.39, 0.29) is 51.8 Å². The smallest absolute Gasteiger partial charge is 0.309 e. The average Bonchev–Trinajstić information content (AvgIpc) is 3.68. The maximum absolute atomic E-state index is 14.4. The van der Waals surface area contributed by atoms with Crippen molar-refractivity contribution in [2.24, 2.45) is 56.5 Å².